The molecule has 0 unspecified atom stereocenters. The Morgan fingerprint density at radius 2 is 1.90 bits per heavy atom. The van der Waals surface area contributed by atoms with Gasteiger partial charge in [0.25, 0.3) is 0 Å². The highest BCUT2D eigenvalue weighted by atomic mass is 15.3. The number of nitrogens with two attached hydrogens (primary N) is 1. The van der Waals surface area contributed by atoms with Crippen molar-refractivity contribution in [3.63, 3.8) is 0 Å². The van der Waals surface area contributed by atoms with E-state index >= 15 is 0 Å². The first-order valence-corrected chi connectivity index (χ1v) is 7.90. The predicted octanol–water partition coefficient (Wildman–Crippen LogP) is 2.24. The van der Waals surface area contributed by atoms with E-state index in [0.717, 1.165) is 38.6 Å². The van der Waals surface area contributed by atoms with Gasteiger partial charge in [-0.1, -0.05) is 19.1 Å². The van der Waals surface area contributed by atoms with Crippen molar-refractivity contribution in [2.75, 3.05) is 37.6 Å². The molecule has 0 aromatic heterocycles. The minimum atomic E-state index is 0.318. The lowest BCUT2D eigenvalue weighted by molar-refractivity contribution is -0.0158. The van der Waals surface area contributed by atoms with Crippen molar-refractivity contribution in [3.05, 3.63) is 29.8 Å². The minimum Gasteiger partial charge on any atom is -0.369 e. The molecule has 1 heterocycles. The van der Waals surface area contributed by atoms with Gasteiger partial charge in [-0.2, -0.15) is 0 Å². The molecular weight excluding hydrogens is 246 g/mol. The van der Waals surface area contributed by atoms with Crippen LogP contribution in [0.25, 0.3) is 0 Å². The molecule has 3 rings (SSSR count). The Hall–Kier alpha value is -1.06. The van der Waals surface area contributed by atoms with Crippen LogP contribution in [0.3, 0.4) is 0 Å². The van der Waals surface area contributed by atoms with Crippen LogP contribution in [-0.4, -0.2) is 43.2 Å². The Balaban J connectivity index is 1.62. The lowest BCUT2D eigenvalue weighted by atomic mass is 9.68. The monoisotopic (exact) mass is 273 g/mol. The van der Waals surface area contributed by atoms with Gasteiger partial charge in [0.1, 0.15) is 0 Å². The summed E-state index contributed by atoms with van der Waals surface area (Å²) in [5.41, 5.74) is 9.10. The molecule has 2 aliphatic rings. The summed E-state index contributed by atoms with van der Waals surface area (Å²) in [5.74, 6) is 0.855. The summed E-state index contributed by atoms with van der Waals surface area (Å²) in [7, 11) is 0. The molecule has 2 fully saturated rings. The minimum absolute atomic E-state index is 0.318. The lowest BCUT2D eigenvalue weighted by Crippen LogP contribution is -2.65. The molecule has 3 nitrogen and oxygen atoms in total. The van der Waals surface area contributed by atoms with E-state index in [9.17, 15) is 0 Å². The summed E-state index contributed by atoms with van der Waals surface area (Å²) in [6.45, 7) is 9.88. The maximum atomic E-state index is 6.07. The number of hydrogen-bond donors (Lipinski definition) is 1. The van der Waals surface area contributed by atoms with Crippen LogP contribution < -0.4 is 10.6 Å². The molecule has 1 saturated heterocycles. The molecule has 1 aromatic rings. The first kappa shape index (κ1) is 13.9. The van der Waals surface area contributed by atoms with E-state index in [4.69, 9.17) is 5.73 Å². The number of benzene rings is 1. The molecule has 0 amide bonds. The molecule has 1 saturated carbocycles. The molecule has 3 heteroatoms. The molecule has 110 valence electrons. The van der Waals surface area contributed by atoms with Crippen molar-refractivity contribution in [3.8, 4) is 0 Å². The van der Waals surface area contributed by atoms with Crippen LogP contribution >= 0.6 is 0 Å². The van der Waals surface area contributed by atoms with Gasteiger partial charge in [-0.25, -0.2) is 0 Å². The number of anilines is 1. The van der Waals surface area contributed by atoms with Crippen LogP contribution in [0.15, 0.2) is 24.3 Å². The van der Waals surface area contributed by atoms with Gasteiger partial charge in [0.15, 0.2) is 0 Å². The van der Waals surface area contributed by atoms with Crippen LogP contribution in [0.1, 0.15) is 25.3 Å². The van der Waals surface area contributed by atoms with Crippen molar-refractivity contribution in [2.24, 2.45) is 11.7 Å². The van der Waals surface area contributed by atoms with Gasteiger partial charge >= 0.3 is 0 Å². The second kappa shape index (κ2) is 5.38. The molecule has 0 atom stereocenters. The first-order chi connectivity index (χ1) is 9.63. The van der Waals surface area contributed by atoms with E-state index in [-0.39, 0.29) is 0 Å². The van der Waals surface area contributed by atoms with E-state index in [2.05, 4.69) is 47.9 Å². The molecular formula is C17H27N3. The smallest absolute Gasteiger partial charge is 0.0369 e. The number of hydrogen-bond acceptors (Lipinski definition) is 3. The first-order valence-electron chi connectivity index (χ1n) is 7.90. The zero-order valence-corrected chi connectivity index (χ0v) is 12.8. The van der Waals surface area contributed by atoms with Gasteiger partial charge in [0, 0.05) is 44.0 Å². The highest BCUT2D eigenvalue weighted by Crippen LogP contribution is 2.42. The average molecular weight is 273 g/mol. The molecule has 1 aromatic carbocycles. The molecule has 20 heavy (non-hydrogen) atoms. The fourth-order valence-electron chi connectivity index (χ4n) is 4.06. The van der Waals surface area contributed by atoms with Crippen molar-refractivity contribution in [2.45, 2.75) is 32.2 Å². The van der Waals surface area contributed by atoms with Crippen molar-refractivity contribution in [1.82, 2.24) is 4.90 Å². The number of nitrogens with zero attached hydrogens (tertiary/aromatic N) is 2. The second-order valence-electron chi connectivity index (χ2n) is 6.75. The lowest BCUT2D eigenvalue weighted by Gasteiger charge is -2.55. The normalized spacial score (nSPS) is 31.1. The van der Waals surface area contributed by atoms with Crippen molar-refractivity contribution >= 4 is 5.69 Å². The second-order valence-corrected chi connectivity index (χ2v) is 6.75. The largest absolute Gasteiger partial charge is 0.369 e. The summed E-state index contributed by atoms with van der Waals surface area (Å²) in [6.07, 6.45) is 2.57. The van der Waals surface area contributed by atoms with E-state index in [1.807, 2.05) is 0 Å². The molecule has 0 bridgehead atoms. The summed E-state index contributed by atoms with van der Waals surface area (Å²) >= 11 is 0. The van der Waals surface area contributed by atoms with Gasteiger partial charge in [0.2, 0.25) is 0 Å². The molecule has 1 aliphatic heterocycles. The average Bonchev–Trinajstić information content (AvgIpc) is 2.44. The maximum absolute atomic E-state index is 6.07. The molecule has 1 aliphatic carbocycles. The summed E-state index contributed by atoms with van der Waals surface area (Å²) in [6, 6.07) is 8.84. The van der Waals surface area contributed by atoms with Crippen molar-refractivity contribution < 1.29 is 0 Å². The third-order valence-electron chi connectivity index (χ3n) is 5.15. The number of rotatable bonds is 3. The quantitative estimate of drug-likeness (QED) is 0.917. The Morgan fingerprint density at radius 3 is 2.45 bits per heavy atom. The van der Waals surface area contributed by atoms with E-state index in [1.54, 1.807) is 0 Å². The maximum Gasteiger partial charge on any atom is 0.0369 e. The SMILES string of the molecule is Cc1cccc(N2CCN(C3(CN)CC(C)C3)CC2)c1. The number of piperazine rings is 1. The molecule has 0 radical (unpaired) electrons. The standard InChI is InChI=1S/C17H27N3/c1-14-4-3-5-16(10-14)19-6-8-20(9-7-19)17(13-18)11-15(2)12-17/h3-5,10,15H,6-9,11-13,18H2,1-2H3. The Morgan fingerprint density at radius 1 is 1.20 bits per heavy atom. The Bertz CT molecular complexity index is 457. The van der Waals surface area contributed by atoms with E-state index in [1.165, 1.54) is 24.1 Å². The summed E-state index contributed by atoms with van der Waals surface area (Å²) in [4.78, 5) is 5.16. The molecule has 0 spiro atoms. The van der Waals surface area contributed by atoms with Gasteiger partial charge in [-0.3, -0.25) is 4.90 Å². The van der Waals surface area contributed by atoms with Crippen LogP contribution in [0.2, 0.25) is 0 Å². The van der Waals surface area contributed by atoms with Gasteiger partial charge in [0.05, 0.1) is 0 Å². The van der Waals surface area contributed by atoms with Crippen LogP contribution in [0.5, 0.6) is 0 Å². The summed E-state index contributed by atoms with van der Waals surface area (Å²) in [5, 5.41) is 0. The van der Waals surface area contributed by atoms with Gasteiger partial charge in [-0.05, 0) is 43.4 Å². The zero-order valence-electron chi connectivity index (χ0n) is 12.8. The zero-order chi connectivity index (χ0) is 14.2. The van der Waals surface area contributed by atoms with Crippen LogP contribution in [-0.2, 0) is 0 Å². The fourth-order valence-corrected chi connectivity index (χ4v) is 4.06. The molecule has 2 N–H and O–H groups in total. The highest BCUT2D eigenvalue weighted by molar-refractivity contribution is 5.48. The topological polar surface area (TPSA) is 32.5 Å². The van der Waals surface area contributed by atoms with Gasteiger partial charge < -0.3 is 10.6 Å². The Labute approximate surface area is 122 Å². The van der Waals surface area contributed by atoms with E-state index < -0.39 is 0 Å². The Kier molecular flexibility index (Phi) is 3.74. The predicted molar refractivity (Wildman–Crippen MR) is 85.1 cm³/mol. The third kappa shape index (κ3) is 2.45. The third-order valence-corrected chi connectivity index (χ3v) is 5.15. The van der Waals surface area contributed by atoms with Crippen LogP contribution in [0, 0.1) is 12.8 Å². The van der Waals surface area contributed by atoms with Gasteiger partial charge in [-0.15, -0.1) is 0 Å². The van der Waals surface area contributed by atoms with Crippen molar-refractivity contribution in [1.29, 1.82) is 0 Å². The number of aryl methyl sites for hydroxylation is 1. The highest BCUT2D eigenvalue weighted by Gasteiger charge is 2.46. The van der Waals surface area contributed by atoms with Crippen LogP contribution in [0.4, 0.5) is 5.69 Å². The fraction of sp³-hybridized carbons (Fsp3) is 0.647. The summed E-state index contributed by atoms with van der Waals surface area (Å²) < 4.78 is 0. The van der Waals surface area contributed by atoms with E-state index in [0.29, 0.717) is 5.54 Å².